The highest BCUT2D eigenvalue weighted by atomic mass is 15.2. The Bertz CT molecular complexity index is 1150. The maximum atomic E-state index is 4.97. The van der Waals surface area contributed by atoms with Gasteiger partial charge in [-0.15, -0.1) is 0 Å². The van der Waals surface area contributed by atoms with Gasteiger partial charge in [0, 0.05) is 48.2 Å². The quantitative estimate of drug-likeness (QED) is 0.522. The molecule has 1 saturated heterocycles. The van der Waals surface area contributed by atoms with Gasteiger partial charge in [0.15, 0.2) is 5.82 Å². The number of benzene rings is 2. The molecular weight excluding hydrogens is 370 g/mol. The van der Waals surface area contributed by atoms with E-state index in [9.17, 15) is 0 Å². The average Bonchev–Trinajstić information content (AvgIpc) is 2.79. The molecule has 0 unspecified atom stereocenters. The van der Waals surface area contributed by atoms with E-state index < -0.39 is 0 Å². The highest BCUT2D eigenvalue weighted by Gasteiger charge is 2.22. The first-order chi connectivity index (χ1) is 14.8. The van der Waals surface area contributed by atoms with Gasteiger partial charge in [0.2, 0.25) is 0 Å². The Morgan fingerprint density at radius 1 is 0.933 bits per heavy atom. The van der Waals surface area contributed by atoms with E-state index >= 15 is 0 Å². The Hall–Kier alpha value is -3.47. The van der Waals surface area contributed by atoms with Gasteiger partial charge >= 0.3 is 0 Å². The molecule has 4 aromatic rings. The van der Waals surface area contributed by atoms with Crippen LogP contribution in [0.1, 0.15) is 18.4 Å². The fourth-order valence-electron chi connectivity index (χ4n) is 4.13. The van der Waals surface area contributed by atoms with Gasteiger partial charge in [-0.25, -0.2) is 9.97 Å². The van der Waals surface area contributed by atoms with Crippen LogP contribution in [0.5, 0.6) is 0 Å². The number of piperidine rings is 1. The monoisotopic (exact) mass is 395 g/mol. The predicted octanol–water partition coefficient (Wildman–Crippen LogP) is 5.08. The normalized spacial score (nSPS) is 14.8. The summed E-state index contributed by atoms with van der Waals surface area (Å²) >= 11 is 0. The molecule has 5 heteroatoms. The topological polar surface area (TPSA) is 53.9 Å². The molecule has 1 aliphatic heterocycles. The number of nitrogens with zero attached hydrogens (tertiary/aromatic N) is 4. The number of aryl methyl sites for hydroxylation is 1. The lowest BCUT2D eigenvalue weighted by Crippen LogP contribution is -2.39. The van der Waals surface area contributed by atoms with E-state index in [0.717, 1.165) is 54.0 Å². The second kappa shape index (κ2) is 8.11. The highest BCUT2D eigenvalue weighted by Crippen LogP contribution is 2.29. The van der Waals surface area contributed by atoms with Gasteiger partial charge in [-0.2, -0.15) is 0 Å². The smallest absolute Gasteiger partial charge is 0.163 e. The van der Waals surface area contributed by atoms with Crippen molar-refractivity contribution in [1.82, 2.24) is 15.0 Å². The van der Waals surface area contributed by atoms with Crippen molar-refractivity contribution in [2.75, 3.05) is 23.3 Å². The van der Waals surface area contributed by atoms with E-state index in [-0.39, 0.29) is 0 Å². The van der Waals surface area contributed by atoms with Gasteiger partial charge in [0.05, 0.1) is 5.52 Å². The van der Waals surface area contributed by atoms with Gasteiger partial charge in [-0.3, -0.25) is 4.98 Å². The van der Waals surface area contributed by atoms with Crippen molar-refractivity contribution in [2.24, 2.45) is 0 Å². The Kier molecular flexibility index (Phi) is 5.01. The molecule has 150 valence electrons. The fourth-order valence-corrected chi connectivity index (χ4v) is 4.13. The molecule has 0 spiro atoms. The lowest BCUT2D eigenvalue weighted by Gasteiger charge is -2.34. The first-order valence-electron chi connectivity index (χ1n) is 10.5. The van der Waals surface area contributed by atoms with Crippen molar-refractivity contribution in [3.63, 3.8) is 0 Å². The largest absolute Gasteiger partial charge is 0.382 e. The van der Waals surface area contributed by atoms with E-state index in [0.29, 0.717) is 6.04 Å². The standard InChI is InChI=1S/C25H25N5/c1-18-6-4-8-21(16-18)27-20-11-14-30(15-12-20)25-22-9-2-3-10-23(22)28-24(29-25)19-7-5-13-26-17-19/h2-10,13,16-17,20,27H,11-12,14-15H2,1H3. The number of nitrogens with one attached hydrogen (secondary N) is 1. The molecule has 0 amide bonds. The molecule has 2 aromatic carbocycles. The van der Waals surface area contributed by atoms with Crippen molar-refractivity contribution in [1.29, 1.82) is 0 Å². The summed E-state index contributed by atoms with van der Waals surface area (Å²) in [4.78, 5) is 16.4. The first-order valence-corrected chi connectivity index (χ1v) is 10.5. The minimum Gasteiger partial charge on any atom is -0.382 e. The SMILES string of the molecule is Cc1cccc(NC2CCN(c3nc(-c4cccnc4)nc4ccccc34)CC2)c1. The van der Waals surface area contributed by atoms with Gasteiger partial charge < -0.3 is 10.2 Å². The minimum atomic E-state index is 0.481. The van der Waals surface area contributed by atoms with Crippen LogP contribution in [-0.2, 0) is 0 Å². The zero-order valence-electron chi connectivity index (χ0n) is 17.1. The summed E-state index contributed by atoms with van der Waals surface area (Å²) in [7, 11) is 0. The molecule has 5 nitrogen and oxygen atoms in total. The van der Waals surface area contributed by atoms with Crippen LogP contribution in [0.4, 0.5) is 11.5 Å². The number of anilines is 2. The summed E-state index contributed by atoms with van der Waals surface area (Å²) in [5.41, 5.74) is 4.41. The van der Waals surface area contributed by atoms with Crippen LogP contribution in [-0.4, -0.2) is 34.1 Å². The number of pyridine rings is 1. The number of hydrogen-bond donors (Lipinski definition) is 1. The Balaban J connectivity index is 1.40. The van der Waals surface area contributed by atoms with Crippen LogP contribution in [0, 0.1) is 6.92 Å². The molecule has 5 rings (SSSR count). The van der Waals surface area contributed by atoms with Crippen molar-refractivity contribution in [3.8, 4) is 11.4 Å². The van der Waals surface area contributed by atoms with Gasteiger partial charge in [0.25, 0.3) is 0 Å². The summed E-state index contributed by atoms with van der Waals surface area (Å²) < 4.78 is 0. The lowest BCUT2D eigenvalue weighted by atomic mass is 10.0. The number of para-hydroxylation sites is 1. The van der Waals surface area contributed by atoms with Crippen LogP contribution >= 0.6 is 0 Å². The zero-order chi connectivity index (χ0) is 20.3. The Labute approximate surface area is 176 Å². The molecule has 0 atom stereocenters. The minimum absolute atomic E-state index is 0.481. The number of rotatable bonds is 4. The third-order valence-corrected chi connectivity index (χ3v) is 5.69. The van der Waals surface area contributed by atoms with Crippen LogP contribution in [0.3, 0.4) is 0 Å². The van der Waals surface area contributed by atoms with Gasteiger partial charge in [-0.1, -0.05) is 24.3 Å². The van der Waals surface area contributed by atoms with Crippen LogP contribution < -0.4 is 10.2 Å². The fraction of sp³-hybridized carbons (Fsp3) is 0.240. The third-order valence-electron chi connectivity index (χ3n) is 5.69. The van der Waals surface area contributed by atoms with Gasteiger partial charge in [0.1, 0.15) is 5.82 Å². The Morgan fingerprint density at radius 3 is 2.60 bits per heavy atom. The second-order valence-electron chi connectivity index (χ2n) is 7.90. The van der Waals surface area contributed by atoms with Crippen molar-refractivity contribution < 1.29 is 0 Å². The van der Waals surface area contributed by atoms with Gasteiger partial charge in [-0.05, 0) is 61.7 Å². The maximum Gasteiger partial charge on any atom is 0.163 e. The van der Waals surface area contributed by atoms with Crippen LogP contribution in [0.15, 0.2) is 73.1 Å². The van der Waals surface area contributed by atoms with Crippen LogP contribution in [0.25, 0.3) is 22.3 Å². The van der Waals surface area contributed by atoms with E-state index in [1.165, 1.54) is 11.3 Å². The van der Waals surface area contributed by atoms with E-state index in [4.69, 9.17) is 9.97 Å². The summed E-state index contributed by atoms with van der Waals surface area (Å²) in [6, 6.07) is 21.3. The summed E-state index contributed by atoms with van der Waals surface area (Å²) in [5.74, 6) is 1.75. The van der Waals surface area contributed by atoms with Crippen molar-refractivity contribution in [2.45, 2.75) is 25.8 Å². The van der Waals surface area contributed by atoms with E-state index in [2.05, 4.69) is 64.6 Å². The molecule has 3 heterocycles. The molecule has 0 bridgehead atoms. The van der Waals surface area contributed by atoms with E-state index in [1.54, 1.807) is 6.20 Å². The molecule has 1 N–H and O–H groups in total. The highest BCUT2D eigenvalue weighted by molar-refractivity contribution is 5.91. The zero-order valence-corrected chi connectivity index (χ0v) is 17.1. The molecule has 2 aromatic heterocycles. The first kappa shape index (κ1) is 18.6. The lowest BCUT2D eigenvalue weighted by molar-refractivity contribution is 0.524. The number of hydrogen-bond acceptors (Lipinski definition) is 5. The van der Waals surface area contributed by atoms with Crippen molar-refractivity contribution >= 4 is 22.4 Å². The summed E-state index contributed by atoms with van der Waals surface area (Å²) in [5, 5.41) is 4.81. The molecule has 30 heavy (non-hydrogen) atoms. The molecule has 0 radical (unpaired) electrons. The molecular formula is C25H25N5. The maximum absolute atomic E-state index is 4.97. The number of fused-ring (bicyclic) bond motifs is 1. The Morgan fingerprint density at radius 2 is 1.80 bits per heavy atom. The third kappa shape index (κ3) is 3.83. The van der Waals surface area contributed by atoms with Crippen molar-refractivity contribution in [3.05, 3.63) is 78.6 Å². The summed E-state index contributed by atoms with van der Waals surface area (Å²) in [6.07, 6.45) is 5.76. The molecule has 0 aliphatic carbocycles. The summed E-state index contributed by atoms with van der Waals surface area (Å²) in [6.45, 7) is 4.07. The van der Waals surface area contributed by atoms with Crippen LogP contribution in [0.2, 0.25) is 0 Å². The predicted molar refractivity (Wildman–Crippen MR) is 123 cm³/mol. The van der Waals surface area contributed by atoms with E-state index in [1.807, 2.05) is 24.4 Å². The average molecular weight is 396 g/mol. The molecule has 0 saturated carbocycles. The number of aromatic nitrogens is 3. The molecule has 1 aliphatic rings. The second-order valence-corrected chi connectivity index (χ2v) is 7.90. The molecule has 1 fully saturated rings.